The lowest BCUT2D eigenvalue weighted by Crippen LogP contribution is -2.37. The highest BCUT2D eigenvalue weighted by Crippen LogP contribution is 2.12. The van der Waals surface area contributed by atoms with Crippen LogP contribution in [-0.4, -0.2) is 34.4 Å². The van der Waals surface area contributed by atoms with Crippen LogP contribution in [-0.2, 0) is 13.1 Å². The molecule has 1 aromatic carbocycles. The van der Waals surface area contributed by atoms with Gasteiger partial charge in [0, 0.05) is 24.9 Å². The minimum absolute atomic E-state index is 0.0846. The van der Waals surface area contributed by atoms with Crippen molar-refractivity contribution in [3.63, 3.8) is 0 Å². The zero-order valence-electron chi connectivity index (χ0n) is 14.7. The van der Waals surface area contributed by atoms with E-state index in [1.165, 1.54) is 12.1 Å². The summed E-state index contributed by atoms with van der Waals surface area (Å²) in [4.78, 5) is 19.2. The summed E-state index contributed by atoms with van der Waals surface area (Å²) >= 11 is 1.81. The molecule has 138 valence electrons. The molecular weight excluding hydrogens is 350 g/mol. The maximum atomic E-state index is 10.7. The molecule has 0 aliphatic heterocycles. The Morgan fingerprint density at radius 2 is 2.04 bits per heavy atom. The Morgan fingerprint density at radius 3 is 2.69 bits per heavy atom. The third-order valence-corrected chi connectivity index (χ3v) is 4.24. The van der Waals surface area contributed by atoms with Gasteiger partial charge in [0.25, 0.3) is 5.69 Å². The van der Waals surface area contributed by atoms with Gasteiger partial charge in [-0.05, 0) is 36.1 Å². The van der Waals surface area contributed by atoms with Gasteiger partial charge < -0.3 is 10.6 Å². The van der Waals surface area contributed by atoms with Gasteiger partial charge in [0.1, 0.15) is 0 Å². The summed E-state index contributed by atoms with van der Waals surface area (Å²) in [7, 11) is 0. The van der Waals surface area contributed by atoms with Gasteiger partial charge in [0.15, 0.2) is 5.96 Å². The van der Waals surface area contributed by atoms with Crippen molar-refractivity contribution in [1.29, 1.82) is 0 Å². The van der Waals surface area contributed by atoms with Crippen molar-refractivity contribution in [3.8, 4) is 0 Å². The van der Waals surface area contributed by atoms with Gasteiger partial charge in [-0.15, -0.1) is 0 Å². The van der Waals surface area contributed by atoms with Crippen molar-refractivity contribution < 1.29 is 4.92 Å². The normalized spacial score (nSPS) is 11.2. The quantitative estimate of drug-likeness (QED) is 0.231. The van der Waals surface area contributed by atoms with Crippen LogP contribution in [0.5, 0.6) is 0 Å². The molecule has 2 aromatic rings. The maximum absolute atomic E-state index is 10.7. The zero-order chi connectivity index (χ0) is 18.6. The van der Waals surface area contributed by atoms with E-state index in [-0.39, 0.29) is 5.69 Å². The molecule has 7 nitrogen and oxygen atoms in total. The number of nitrogens with zero attached hydrogens (tertiary/aromatic N) is 3. The van der Waals surface area contributed by atoms with Gasteiger partial charge in [-0.3, -0.25) is 15.1 Å². The van der Waals surface area contributed by atoms with Gasteiger partial charge >= 0.3 is 0 Å². The van der Waals surface area contributed by atoms with Crippen molar-refractivity contribution in [2.45, 2.75) is 19.5 Å². The van der Waals surface area contributed by atoms with E-state index >= 15 is 0 Å². The molecular formula is C18H23N5O2S. The Bertz CT molecular complexity index is 707. The summed E-state index contributed by atoms with van der Waals surface area (Å²) in [5.74, 6) is 1.79. The number of thioether (sulfide) groups is 1. The van der Waals surface area contributed by atoms with E-state index in [1.807, 2.05) is 30.0 Å². The molecule has 0 radical (unpaired) electrons. The molecule has 0 fully saturated rings. The molecule has 0 atom stereocenters. The number of hydrogen-bond acceptors (Lipinski definition) is 5. The molecule has 8 heteroatoms. The number of hydrogen-bond donors (Lipinski definition) is 2. The first-order valence-electron chi connectivity index (χ1n) is 8.33. The van der Waals surface area contributed by atoms with E-state index in [0.29, 0.717) is 19.0 Å². The minimum Gasteiger partial charge on any atom is -0.356 e. The van der Waals surface area contributed by atoms with Crippen molar-refractivity contribution in [2.75, 3.05) is 18.6 Å². The highest BCUT2D eigenvalue weighted by Gasteiger charge is 2.04. The van der Waals surface area contributed by atoms with Crippen LogP contribution in [0.25, 0.3) is 0 Å². The predicted octanol–water partition coefficient (Wildman–Crippen LogP) is 2.98. The van der Waals surface area contributed by atoms with Crippen molar-refractivity contribution in [3.05, 3.63) is 70.0 Å². The van der Waals surface area contributed by atoms with E-state index in [4.69, 9.17) is 0 Å². The molecule has 26 heavy (non-hydrogen) atoms. The maximum Gasteiger partial charge on any atom is 0.269 e. The van der Waals surface area contributed by atoms with Crippen molar-refractivity contribution in [1.82, 2.24) is 15.6 Å². The second-order valence-electron chi connectivity index (χ2n) is 5.54. The average Bonchev–Trinajstić information content (AvgIpc) is 2.67. The molecule has 1 heterocycles. The van der Waals surface area contributed by atoms with Gasteiger partial charge in [0.2, 0.25) is 0 Å². The molecule has 0 saturated heterocycles. The Morgan fingerprint density at radius 1 is 1.23 bits per heavy atom. The fraction of sp³-hybridized carbons (Fsp3) is 0.333. The fourth-order valence-electron chi connectivity index (χ4n) is 2.17. The summed E-state index contributed by atoms with van der Waals surface area (Å²) in [6.07, 6.45) is 4.89. The number of guanidine groups is 1. The summed E-state index contributed by atoms with van der Waals surface area (Å²) in [5, 5.41) is 17.3. The molecule has 0 bridgehead atoms. The molecule has 2 N–H and O–H groups in total. The standard InChI is InChI=1S/C18H23N5O2S/c1-26-12-4-11-20-18(22-14-16-5-2-3-10-19-16)21-13-15-6-8-17(9-7-15)23(24)25/h2-3,5-10H,4,11-14H2,1H3,(H2,20,21,22). The van der Waals surface area contributed by atoms with Crippen LogP contribution in [0.15, 0.2) is 53.7 Å². The number of nitro benzene ring substituents is 1. The van der Waals surface area contributed by atoms with Gasteiger partial charge in [-0.1, -0.05) is 18.2 Å². The number of rotatable bonds is 9. The highest BCUT2D eigenvalue weighted by atomic mass is 32.2. The van der Waals surface area contributed by atoms with Gasteiger partial charge in [-0.2, -0.15) is 11.8 Å². The zero-order valence-corrected chi connectivity index (χ0v) is 15.5. The van der Waals surface area contributed by atoms with Crippen LogP contribution < -0.4 is 10.6 Å². The first-order chi connectivity index (χ1) is 12.7. The Hall–Kier alpha value is -2.61. The Balaban J connectivity index is 1.96. The predicted molar refractivity (Wildman–Crippen MR) is 106 cm³/mol. The van der Waals surface area contributed by atoms with E-state index < -0.39 is 4.92 Å². The second kappa shape index (κ2) is 11.1. The van der Waals surface area contributed by atoms with E-state index in [9.17, 15) is 10.1 Å². The smallest absolute Gasteiger partial charge is 0.269 e. The molecule has 0 unspecified atom stereocenters. The summed E-state index contributed by atoms with van der Waals surface area (Å²) in [5.41, 5.74) is 1.93. The van der Waals surface area contributed by atoms with Gasteiger partial charge in [0.05, 0.1) is 23.7 Å². The van der Waals surface area contributed by atoms with Crippen LogP contribution in [0.1, 0.15) is 17.7 Å². The first-order valence-corrected chi connectivity index (χ1v) is 9.73. The number of non-ortho nitro benzene ring substituents is 1. The van der Waals surface area contributed by atoms with Crippen molar-refractivity contribution >= 4 is 23.4 Å². The van der Waals surface area contributed by atoms with Crippen LogP contribution in [0.4, 0.5) is 5.69 Å². The van der Waals surface area contributed by atoms with Crippen LogP contribution in [0.3, 0.4) is 0 Å². The van der Waals surface area contributed by atoms with E-state index in [2.05, 4.69) is 26.9 Å². The molecule has 2 rings (SSSR count). The van der Waals surface area contributed by atoms with E-state index in [1.54, 1.807) is 18.3 Å². The average molecular weight is 373 g/mol. The topological polar surface area (TPSA) is 92.5 Å². The number of aromatic nitrogens is 1. The van der Waals surface area contributed by atoms with Crippen LogP contribution in [0, 0.1) is 10.1 Å². The van der Waals surface area contributed by atoms with Crippen LogP contribution >= 0.6 is 11.8 Å². The molecule has 0 aliphatic rings. The number of benzene rings is 1. The minimum atomic E-state index is -0.403. The third kappa shape index (κ3) is 7.10. The molecule has 0 aliphatic carbocycles. The summed E-state index contributed by atoms with van der Waals surface area (Å²) in [6, 6.07) is 12.2. The SMILES string of the molecule is CSCCCNC(=NCc1ccc([N+](=O)[O-])cc1)NCc1ccccn1. The monoisotopic (exact) mass is 373 g/mol. The molecule has 0 amide bonds. The lowest BCUT2D eigenvalue weighted by Gasteiger charge is -2.12. The summed E-state index contributed by atoms with van der Waals surface area (Å²) < 4.78 is 0. The van der Waals surface area contributed by atoms with Crippen molar-refractivity contribution in [2.24, 2.45) is 4.99 Å². The third-order valence-electron chi connectivity index (χ3n) is 3.55. The lowest BCUT2D eigenvalue weighted by atomic mass is 10.2. The lowest BCUT2D eigenvalue weighted by molar-refractivity contribution is -0.384. The number of pyridine rings is 1. The largest absolute Gasteiger partial charge is 0.356 e. The van der Waals surface area contributed by atoms with Crippen LogP contribution in [0.2, 0.25) is 0 Å². The number of nitrogens with one attached hydrogen (secondary N) is 2. The fourth-order valence-corrected chi connectivity index (χ4v) is 2.60. The Kier molecular flexibility index (Phi) is 8.41. The summed E-state index contributed by atoms with van der Waals surface area (Å²) in [6.45, 7) is 1.85. The number of aliphatic imine (C=N–C) groups is 1. The van der Waals surface area contributed by atoms with Gasteiger partial charge in [-0.25, -0.2) is 4.99 Å². The first kappa shape index (κ1) is 19.7. The number of nitro groups is 1. The second-order valence-corrected chi connectivity index (χ2v) is 6.52. The molecule has 0 spiro atoms. The molecule has 0 saturated carbocycles. The highest BCUT2D eigenvalue weighted by molar-refractivity contribution is 7.98. The molecule has 1 aromatic heterocycles. The Labute approximate surface area is 157 Å². The van der Waals surface area contributed by atoms with E-state index in [0.717, 1.165) is 30.0 Å².